The van der Waals surface area contributed by atoms with Gasteiger partial charge in [0.2, 0.25) is 10.0 Å². The number of primary sulfonamides is 1. The predicted molar refractivity (Wildman–Crippen MR) is 178 cm³/mol. The molecule has 2 heterocycles. The van der Waals surface area contributed by atoms with Crippen LogP contribution >= 0.6 is 0 Å². The van der Waals surface area contributed by atoms with E-state index in [0.29, 0.717) is 22.8 Å². The summed E-state index contributed by atoms with van der Waals surface area (Å²) in [4.78, 5) is 34.8. The molecule has 0 unspecified atom stereocenters. The van der Waals surface area contributed by atoms with Gasteiger partial charge in [0.15, 0.2) is 0 Å². The number of rotatable bonds is 8. The van der Waals surface area contributed by atoms with Gasteiger partial charge in [0, 0.05) is 23.5 Å². The van der Waals surface area contributed by atoms with E-state index in [4.69, 9.17) is 5.14 Å². The van der Waals surface area contributed by atoms with E-state index in [9.17, 15) is 38.3 Å². The maximum atomic E-state index is 12.5. The number of aromatic nitrogens is 4. The molecule has 6 aromatic rings. The van der Waals surface area contributed by atoms with Crippen LogP contribution in [0.5, 0.6) is 11.5 Å². The Bertz CT molecular complexity index is 2530. The first kappa shape index (κ1) is 42.0. The summed E-state index contributed by atoms with van der Waals surface area (Å²) in [5.41, 5.74) is -0.0643. The van der Waals surface area contributed by atoms with Gasteiger partial charge in [-0.3, -0.25) is 19.7 Å². The van der Waals surface area contributed by atoms with Crippen molar-refractivity contribution in [1.29, 1.82) is 0 Å². The summed E-state index contributed by atoms with van der Waals surface area (Å²) < 4.78 is 25.1. The molecule has 18 nitrogen and oxygen atoms in total. The zero-order chi connectivity index (χ0) is 36.9. The molecule has 0 atom stereocenters. The molecule has 4 aromatic carbocycles. The van der Waals surface area contributed by atoms with E-state index in [1.165, 1.54) is 9.36 Å². The summed E-state index contributed by atoms with van der Waals surface area (Å²) in [6.45, 7) is 3.16. The van der Waals surface area contributed by atoms with Crippen LogP contribution in [-0.4, -0.2) is 22.7 Å². The van der Waals surface area contributed by atoms with Gasteiger partial charge in [0.05, 0.1) is 21.2 Å². The second-order valence-electron chi connectivity index (χ2n) is 10.5. The number of non-ortho nitro benzene ring substituents is 1. The first-order valence-corrected chi connectivity index (χ1v) is 16.1. The Kier molecular flexibility index (Phi) is 14.1. The van der Waals surface area contributed by atoms with Crippen molar-refractivity contribution in [3.05, 3.63) is 139 Å². The molecule has 0 aliphatic carbocycles. The Morgan fingerprint density at radius 3 is 1.51 bits per heavy atom. The molecule has 0 aliphatic heterocycles. The van der Waals surface area contributed by atoms with E-state index in [-0.39, 0.29) is 80.3 Å². The third-order valence-electron chi connectivity index (χ3n) is 6.90. The Balaban J connectivity index is 0.000000275. The number of nitrogens with two attached hydrogens (primary N) is 1. The quantitative estimate of drug-likeness (QED) is 0.0979. The van der Waals surface area contributed by atoms with Gasteiger partial charge in [-0.2, -0.15) is 10.2 Å². The van der Waals surface area contributed by atoms with E-state index in [1.807, 2.05) is 6.07 Å². The zero-order valence-electron chi connectivity index (χ0n) is 27.9. The van der Waals surface area contributed by atoms with Gasteiger partial charge in [-0.25, -0.2) is 13.6 Å². The molecule has 0 spiro atoms. The molecule has 0 bridgehead atoms. The van der Waals surface area contributed by atoms with Crippen LogP contribution in [0.4, 0.5) is 28.4 Å². The van der Waals surface area contributed by atoms with Crippen LogP contribution in [0.1, 0.15) is 11.4 Å². The van der Waals surface area contributed by atoms with Gasteiger partial charge in [0.1, 0.15) is 11.4 Å². The largest absolute Gasteiger partial charge is 3.00 e. The Morgan fingerprint density at radius 1 is 0.679 bits per heavy atom. The van der Waals surface area contributed by atoms with Crippen molar-refractivity contribution < 1.29 is 70.5 Å². The van der Waals surface area contributed by atoms with Crippen molar-refractivity contribution in [1.82, 2.24) is 19.6 Å². The van der Waals surface area contributed by atoms with Crippen LogP contribution in [0, 0.1) is 24.0 Å². The fraction of sp³-hybridized carbons (Fsp3) is 0.0625. The summed E-state index contributed by atoms with van der Waals surface area (Å²) in [5.74, 6) is -1.09. The molecule has 1 radical (unpaired) electrons. The second-order valence-corrected chi connectivity index (χ2v) is 12.0. The Hall–Kier alpha value is -5.46. The monoisotopic (exact) mass is 783 g/mol. The first-order chi connectivity index (χ1) is 24.2. The number of aryl methyl sites for hydroxylation is 2. The van der Waals surface area contributed by atoms with Gasteiger partial charge in [0.25, 0.3) is 16.8 Å². The van der Waals surface area contributed by atoms with Gasteiger partial charge >= 0.3 is 46.9 Å². The second kappa shape index (κ2) is 17.8. The van der Waals surface area contributed by atoms with Crippen LogP contribution < -0.4 is 66.2 Å². The molecule has 2 aromatic heterocycles. The molecular weight excluding hydrogens is 759 g/mol. The number of azo groups is 2. The number of nitro benzene ring substituents is 1. The normalized spacial score (nSPS) is 11.1. The van der Waals surface area contributed by atoms with Crippen molar-refractivity contribution >= 4 is 38.5 Å². The standard InChI is InChI=1S/C16H15N5O4S.C16H13N5O4.Cr.Na/c1-10-15(16(23)21(20-10)11-5-3-2-4-6-11)19-18-13-9-12(26(17,24)25)7-8-14(13)22;1-10-15(16(23)20(19-10)11-5-3-2-4-6-11)18-17-13-9-12(21(24)25)7-8-14(13)22;;/h2-9H,1H3,(H4,17,18,19,20,22,23,24,25);2-9H,1H3,(H2,17,18,19,22,23);;/q;;+3;+1/p-4. The number of nitro groups is 1. The third-order valence-corrected chi connectivity index (χ3v) is 7.82. The van der Waals surface area contributed by atoms with Gasteiger partial charge < -0.3 is 29.8 Å². The summed E-state index contributed by atoms with van der Waals surface area (Å²) in [7, 11) is -3.99. The molecule has 2 N–H and O–H groups in total. The minimum Gasteiger partial charge on any atom is -0.871 e. The van der Waals surface area contributed by atoms with Gasteiger partial charge in [-0.05, 0) is 36.4 Å². The van der Waals surface area contributed by atoms with Crippen molar-refractivity contribution in [2.75, 3.05) is 0 Å². The maximum Gasteiger partial charge on any atom is 3.00 e. The van der Waals surface area contributed by atoms with Gasteiger partial charge in [-0.15, -0.1) is 21.6 Å². The first-order valence-electron chi connectivity index (χ1n) is 14.5. The van der Waals surface area contributed by atoms with Crippen molar-refractivity contribution in [2.45, 2.75) is 18.7 Å². The maximum absolute atomic E-state index is 12.5. The molecule has 0 fully saturated rings. The number of para-hydroxylation sites is 2. The van der Waals surface area contributed by atoms with Crippen LogP contribution in [-0.2, 0) is 27.4 Å². The van der Waals surface area contributed by atoms with E-state index in [1.54, 1.807) is 68.4 Å². The Morgan fingerprint density at radius 2 is 1.09 bits per heavy atom. The number of hydrogen-bond acceptors (Lipinski definition) is 12. The fourth-order valence-corrected chi connectivity index (χ4v) is 4.91. The molecule has 6 rings (SSSR count). The van der Waals surface area contributed by atoms with Crippen molar-refractivity contribution in [2.24, 2.45) is 25.6 Å². The molecule has 21 heteroatoms. The Labute approximate surface area is 333 Å². The number of hydrogen-bond donors (Lipinski definition) is 1. The van der Waals surface area contributed by atoms with Gasteiger partial charge in [-0.1, -0.05) is 73.9 Å². The average Bonchev–Trinajstić information content (AvgIpc) is 3.56. The fourth-order valence-electron chi connectivity index (χ4n) is 4.37. The van der Waals surface area contributed by atoms with Crippen LogP contribution in [0.15, 0.2) is 132 Å². The average molecular weight is 784 g/mol. The summed E-state index contributed by atoms with van der Waals surface area (Å²) >= 11 is 0. The number of sulfonamides is 1. The minimum atomic E-state index is -3.99. The van der Waals surface area contributed by atoms with Crippen molar-refractivity contribution in [3.63, 3.8) is 0 Å². The summed E-state index contributed by atoms with van der Waals surface area (Å²) in [6.07, 6.45) is 0. The number of benzene rings is 4. The van der Waals surface area contributed by atoms with Crippen LogP contribution in [0.25, 0.3) is 11.4 Å². The smallest absolute Gasteiger partial charge is 0.871 e. The third kappa shape index (κ3) is 9.91. The molecule has 0 aliphatic rings. The summed E-state index contributed by atoms with van der Waals surface area (Å²) in [5, 5.41) is 62.6. The molecule has 53 heavy (non-hydrogen) atoms. The molecule has 263 valence electrons. The molecule has 0 amide bonds. The predicted octanol–water partition coefficient (Wildman–Crippen LogP) is 0.741. The van der Waals surface area contributed by atoms with Crippen LogP contribution in [0.2, 0.25) is 0 Å². The molecule has 0 saturated carbocycles. The molecular formula is C32H24CrN10NaO8S. The SMILES string of the molecule is Cc1[n-]n(-c2ccccc2)c(=O)c1N=Nc1cc(S(N)(=O)=O)ccc1[O-].Cc1[n-]n(-c2ccccc2)c(=O)c1N=Nc1cc([N+](=O)[O-])ccc1[O-].[Cr+3].[Na+]. The minimum absolute atomic E-state index is 0. The van der Waals surface area contributed by atoms with Crippen LogP contribution in [0.3, 0.4) is 0 Å². The summed E-state index contributed by atoms with van der Waals surface area (Å²) in [6, 6.07) is 23.7. The zero-order valence-corrected chi connectivity index (χ0v) is 32.0. The van der Waals surface area contributed by atoms with E-state index in [0.717, 1.165) is 36.4 Å². The van der Waals surface area contributed by atoms with Crippen molar-refractivity contribution in [3.8, 4) is 22.9 Å². The van der Waals surface area contributed by atoms with E-state index < -0.39 is 37.6 Å². The van der Waals surface area contributed by atoms with E-state index >= 15 is 0 Å². The van der Waals surface area contributed by atoms with E-state index in [2.05, 4.69) is 30.7 Å². The molecule has 0 saturated heterocycles. The topological polar surface area (TPSA) is 271 Å². The number of nitrogens with zero attached hydrogens (tertiary/aromatic N) is 9.